The SMILES string of the molecule is CCN(Cc1ccc2c(c1)OCO2)C(=O)CSc1ccc(F)c(F)c1. The maximum Gasteiger partial charge on any atom is 0.233 e. The molecule has 2 aromatic carbocycles. The van der Waals surface area contributed by atoms with Gasteiger partial charge in [0.15, 0.2) is 23.1 Å². The molecule has 0 spiro atoms. The average Bonchev–Trinajstić information content (AvgIpc) is 3.08. The molecule has 2 aromatic rings. The van der Waals surface area contributed by atoms with Gasteiger partial charge in [0.2, 0.25) is 12.7 Å². The summed E-state index contributed by atoms with van der Waals surface area (Å²) < 4.78 is 36.8. The average molecular weight is 365 g/mol. The van der Waals surface area contributed by atoms with Crippen molar-refractivity contribution in [2.45, 2.75) is 18.4 Å². The Labute approximate surface area is 148 Å². The largest absolute Gasteiger partial charge is 0.454 e. The van der Waals surface area contributed by atoms with E-state index in [-0.39, 0.29) is 18.5 Å². The van der Waals surface area contributed by atoms with Gasteiger partial charge in [-0.1, -0.05) is 6.07 Å². The topological polar surface area (TPSA) is 38.8 Å². The van der Waals surface area contributed by atoms with Crippen LogP contribution >= 0.6 is 11.8 Å². The van der Waals surface area contributed by atoms with Crippen LogP contribution in [0.5, 0.6) is 11.5 Å². The lowest BCUT2D eigenvalue weighted by Crippen LogP contribution is -2.31. The highest BCUT2D eigenvalue weighted by molar-refractivity contribution is 8.00. The van der Waals surface area contributed by atoms with Crippen molar-refractivity contribution in [2.24, 2.45) is 0 Å². The number of ether oxygens (including phenoxy) is 2. The molecule has 25 heavy (non-hydrogen) atoms. The Kier molecular flexibility index (Phi) is 5.43. The molecule has 1 aliphatic heterocycles. The molecule has 0 radical (unpaired) electrons. The van der Waals surface area contributed by atoms with E-state index in [2.05, 4.69) is 0 Å². The molecule has 1 heterocycles. The van der Waals surface area contributed by atoms with E-state index in [1.807, 2.05) is 25.1 Å². The second-order valence-corrected chi connectivity index (χ2v) is 6.51. The lowest BCUT2D eigenvalue weighted by Gasteiger charge is -2.21. The number of carbonyl (C=O) groups is 1. The molecule has 0 bridgehead atoms. The minimum atomic E-state index is -0.912. The smallest absolute Gasteiger partial charge is 0.233 e. The summed E-state index contributed by atoms with van der Waals surface area (Å²) in [5.41, 5.74) is 0.942. The van der Waals surface area contributed by atoms with Gasteiger partial charge in [-0.05, 0) is 42.8 Å². The quantitative estimate of drug-likeness (QED) is 0.730. The summed E-state index contributed by atoms with van der Waals surface area (Å²) in [6.07, 6.45) is 0. The molecule has 0 atom stereocenters. The molecular weight excluding hydrogens is 348 g/mol. The first-order chi connectivity index (χ1) is 12.1. The van der Waals surface area contributed by atoms with E-state index in [9.17, 15) is 13.6 Å². The Bertz CT molecular complexity index is 785. The van der Waals surface area contributed by atoms with Crippen LogP contribution in [0.4, 0.5) is 8.78 Å². The minimum absolute atomic E-state index is 0.0742. The fraction of sp³-hybridized carbons (Fsp3) is 0.278. The van der Waals surface area contributed by atoms with E-state index in [1.165, 1.54) is 17.8 Å². The molecule has 0 N–H and O–H groups in total. The Hall–Kier alpha value is -2.28. The summed E-state index contributed by atoms with van der Waals surface area (Å²) in [4.78, 5) is 14.6. The number of nitrogens with zero attached hydrogens (tertiary/aromatic N) is 1. The molecule has 0 saturated carbocycles. The van der Waals surface area contributed by atoms with Crippen molar-refractivity contribution in [3.63, 3.8) is 0 Å². The van der Waals surface area contributed by atoms with Crippen molar-refractivity contribution in [3.05, 3.63) is 53.6 Å². The van der Waals surface area contributed by atoms with Crippen molar-refractivity contribution >= 4 is 17.7 Å². The number of rotatable bonds is 6. The van der Waals surface area contributed by atoms with E-state index in [1.54, 1.807) is 4.90 Å². The number of thioether (sulfide) groups is 1. The number of carbonyl (C=O) groups excluding carboxylic acids is 1. The van der Waals surface area contributed by atoms with Crippen molar-refractivity contribution < 1.29 is 23.0 Å². The lowest BCUT2D eigenvalue weighted by molar-refractivity contribution is -0.128. The van der Waals surface area contributed by atoms with Gasteiger partial charge in [0, 0.05) is 18.0 Å². The van der Waals surface area contributed by atoms with Crippen LogP contribution in [-0.4, -0.2) is 29.9 Å². The molecule has 0 aliphatic carbocycles. The van der Waals surface area contributed by atoms with Gasteiger partial charge in [0.25, 0.3) is 0 Å². The molecule has 3 rings (SSSR count). The van der Waals surface area contributed by atoms with Crippen LogP contribution in [-0.2, 0) is 11.3 Å². The highest BCUT2D eigenvalue weighted by atomic mass is 32.2. The zero-order chi connectivity index (χ0) is 17.8. The summed E-state index contributed by atoms with van der Waals surface area (Å²) in [5, 5.41) is 0. The van der Waals surface area contributed by atoms with Crippen LogP contribution in [0.15, 0.2) is 41.3 Å². The second kappa shape index (κ2) is 7.74. The van der Waals surface area contributed by atoms with Gasteiger partial charge in [-0.15, -0.1) is 11.8 Å². The Morgan fingerprint density at radius 2 is 1.92 bits per heavy atom. The standard InChI is InChI=1S/C18H17F2NO3S/c1-2-21(9-12-3-6-16-17(7-12)24-11-23-16)18(22)10-25-13-4-5-14(19)15(20)8-13/h3-8H,2,9-11H2,1H3. The van der Waals surface area contributed by atoms with Crippen molar-refractivity contribution in [1.29, 1.82) is 0 Å². The molecule has 7 heteroatoms. The second-order valence-electron chi connectivity index (χ2n) is 5.46. The third kappa shape index (κ3) is 4.22. The van der Waals surface area contributed by atoms with E-state index in [4.69, 9.17) is 9.47 Å². The van der Waals surface area contributed by atoms with Crippen LogP contribution in [0.3, 0.4) is 0 Å². The van der Waals surface area contributed by atoms with Gasteiger partial charge in [0.05, 0.1) is 5.75 Å². The van der Waals surface area contributed by atoms with Gasteiger partial charge in [-0.25, -0.2) is 8.78 Å². The molecule has 0 fully saturated rings. The minimum Gasteiger partial charge on any atom is -0.454 e. The van der Waals surface area contributed by atoms with Gasteiger partial charge >= 0.3 is 0 Å². The first-order valence-electron chi connectivity index (χ1n) is 7.81. The summed E-state index contributed by atoms with van der Waals surface area (Å²) in [7, 11) is 0. The third-order valence-corrected chi connectivity index (χ3v) is 4.78. The van der Waals surface area contributed by atoms with E-state index in [0.29, 0.717) is 29.5 Å². The first kappa shape index (κ1) is 17.5. The van der Waals surface area contributed by atoms with Crippen molar-refractivity contribution in [2.75, 3.05) is 19.1 Å². The van der Waals surface area contributed by atoms with E-state index < -0.39 is 11.6 Å². The predicted molar refractivity (Wildman–Crippen MR) is 90.7 cm³/mol. The van der Waals surface area contributed by atoms with Gasteiger partial charge in [-0.2, -0.15) is 0 Å². The van der Waals surface area contributed by atoms with Gasteiger partial charge < -0.3 is 14.4 Å². The summed E-state index contributed by atoms with van der Waals surface area (Å²) >= 11 is 1.18. The predicted octanol–water partition coefficient (Wildman–Crippen LogP) is 3.83. The molecule has 0 aromatic heterocycles. The Morgan fingerprint density at radius 3 is 2.68 bits per heavy atom. The Balaban J connectivity index is 1.60. The summed E-state index contributed by atoms with van der Waals surface area (Å²) in [6.45, 7) is 3.10. The molecule has 4 nitrogen and oxygen atoms in total. The number of hydrogen-bond donors (Lipinski definition) is 0. The lowest BCUT2D eigenvalue weighted by atomic mass is 10.2. The normalized spacial score (nSPS) is 12.3. The molecule has 1 amide bonds. The van der Waals surface area contributed by atoms with Crippen LogP contribution < -0.4 is 9.47 Å². The maximum atomic E-state index is 13.2. The van der Waals surface area contributed by atoms with Crippen molar-refractivity contribution in [3.8, 4) is 11.5 Å². The van der Waals surface area contributed by atoms with Crippen LogP contribution in [0.2, 0.25) is 0 Å². The maximum absolute atomic E-state index is 13.2. The first-order valence-corrected chi connectivity index (χ1v) is 8.79. The van der Waals surface area contributed by atoms with Crippen molar-refractivity contribution in [1.82, 2.24) is 4.90 Å². The zero-order valence-electron chi connectivity index (χ0n) is 13.6. The number of benzene rings is 2. The van der Waals surface area contributed by atoms with E-state index >= 15 is 0 Å². The highest BCUT2D eigenvalue weighted by Crippen LogP contribution is 2.32. The number of amides is 1. The fourth-order valence-corrected chi connectivity index (χ4v) is 3.26. The summed E-state index contributed by atoms with van der Waals surface area (Å²) in [6, 6.07) is 9.21. The van der Waals surface area contributed by atoms with Gasteiger partial charge in [-0.3, -0.25) is 4.79 Å². The molecule has 0 saturated heterocycles. The molecule has 0 unspecified atom stereocenters. The molecular formula is C18H17F2NO3S. The molecule has 132 valence electrons. The number of hydrogen-bond acceptors (Lipinski definition) is 4. The zero-order valence-corrected chi connectivity index (χ0v) is 14.4. The van der Waals surface area contributed by atoms with E-state index in [0.717, 1.165) is 17.7 Å². The Morgan fingerprint density at radius 1 is 1.12 bits per heavy atom. The van der Waals surface area contributed by atoms with Crippen LogP contribution in [0.1, 0.15) is 12.5 Å². The monoisotopic (exact) mass is 365 g/mol. The number of halogens is 2. The summed E-state index contributed by atoms with van der Waals surface area (Å²) in [5.74, 6) is -0.346. The molecule has 1 aliphatic rings. The van der Waals surface area contributed by atoms with Crippen LogP contribution in [0, 0.1) is 11.6 Å². The fourth-order valence-electron chi connectivity index (χ4n) is 2.44. The van der Waals surface area contributed by atoms with Gasteiger partial charge in [0.1, 0.15) is 0 Å². The highest BCUT2D eigenvalue weighted by Gasteiger charge is 2.17. The third-order valence-electron chi connectivity index (χ3n) is 3.80. The number of fused-ring (bicyclic) bond motifs is 1. The van der Waals surface area contributed by atoms with Crippen LogP contribution in [0.25, 0.3) is 0 Å².